The van der Waals surface area contributed by atoms with E-state index in [2.05, 4.69) is 16.3 Å². The Balaban J connectivity index is 1.73. The van der Waals surface area contributed by atoms with Gasteiger partial charge in [0.15, 0.2) is 0 Å². The van der Waals surface area contributed by atoms with Gasteiger partial charge in [-0.25, -0.2) is 0 Å². The number of amides is 1. The van der Waals surface area contributed by atoms with E-state index in [0.717, 1.165) is 43.9 Å². The van der Waals surface area contributed by atoms with E-state index in [9.17, 15) is 9.90 Å². The average molecular weight is 333 g/mol. The molecule has 1 aromatic carbocycles. The molecule has 1 aliphatic heterocycles. The number of piperidine rings is 1. The molecular weight excluding hydrogens is 302 g/mol. The predicted molar refractivity (Wildman–Crippen MR) is 97.0 cm³/mol. The summed E-state index contributed by atoms with van der Waals surface area (Å²) in [6.07, 6.45) is 2.12. The summed E-state index contributed by atoms with van der Waals surface area (Å²) in [5.74, 6) is 0.740. The SMILES string of the molecule is C[C@H](O)CN1CCC(CNCc2cccc(C(=O)N(C)C)c2)CC1. The average Bonchev–Trinajstić information content (AvgIpc) is 2.55. The molecule has 0 radical (unpaired) electrons. The highest BCUT2D eigenvalue weighted by Gasteiger charge is 2.19. The predicted octanol–water partition coefficient (Wildman–Crippen LogP) is 1.57. The number of likely N-dealkylation sites (tertiary alicyclic amines) is 1. The van der Waals surface area contributed by atoms with Crippen LogP contribution in [0.5, 0.6) is 0 Å². The van der Waals surface area contributed by atoms with Crippen molar-refractivity contribution >= 4 is 5.91 Å². The van der Waals surface area contributed by atoms with Crippen LogP contribution in [0, 0.1) is 5.92 Å². The summed E-state index contributed by atoms with van der Waals surface area (Å²) in [6, 6.07) is 7.84. The van der Waals surface area contributed by atoms with Crippen LogP contribution in [0.25, 0.3) is 0 Å². The van der Waals surface area contributed by atoms with Crippen molar-refractivity contribution in [3.8, 4) is 0 Å². The fraction of sp³-hybridized carbons (Fsp3) is 0.632. The van der Waals surface area contributed by atoms with Crippen LogP contribution in [0.4, 0.5) is 0 Å². The Hall–Kier alpha value is -1.43. The minimum absolute atomic E-state index is 0.0438. The number of nitrogens with one attached hydrogen (secondary N) is 1. The quantitative estimate of drug-likeness (QED) is 0.795. The molecule has 0 aliphatic carbocycles. The number of aliphatic hydroxyl groups excluding tert-OH is 1. The molecule has 0 spiro atoms. The summed E-state index contributed by atoms with van der Waals surface area (Å²) in [7, 11) is 3.55. The Bertz CT molecular complexity index is 523. The minimum Gasteiger partial charge on any atom is -0.392 e. The van der Waals surface area contributed by atoms with E-state index < -0.39 is 0 Å². The molecule has 1 atom stereocenters. The Labute approximate surface area is 145 Å². The maximum absolute atomic E-state index is 12.0. The summed E-state index contributed by atoms with van der Waals surface area (Å²) in [6.45, 7) is 6.58. The van der Waals surface area contributed by atoms with E-state index in [4.69, 9.17) is 0 Å². The lowest BCUT2D eigenvalue weighted by Crippen LogP contribution is -2.40. The molecule has 2 N–H and O–H groups in total. The van der Waals surface area contributed by atoms with Crippen molar-refractivity contribution in [2.24, 2.45) is 5.92 Å². The number of benzene rings is 1. The first-order chi connectivity index (χ1) is 11.5. The van der Waals surface area contributed by atoms with Crippen LogP contribution in [-0.4, -0.2) is 67.2 Å². The largest absolute Gasteiger partial charge is 0.392 e. The monoisotopic (exact) mass is 333 g/mol. The first kappa shape index (κ1) is 18.9. The van der Waals surface area contributed by atoms with Crippen molar-refractivity contribution in [2.45, 2.75) is 32.4 Å². The molecule has 1 fully saturated rings. The van der Waals surface area contributed by atoms with Crippen molar-refractivity contribution in [1.82, 2.24) is 15.1 Å². The van der Waals surface area contributed by atoms with Gasteiger partial charge in [0.2, 0.25) is 0 Å². The molecule has 0 unspecified atom stereocenters. The van der Waals surface area contributed by atoms with Gasteiger partial charge in [0.1, 0.15) is 0 Å². The van der Waals surface area contributed by atoms with Crippen LogP contribution < -0.4 is 5.32 Å². The minimum atomic E-state index is -0.239. The smallest absolute Gasteiger partial charge is 0.253 e. The number of hydrogen-bond donors (Lipinski definition) is 2. The maximum Gasteiger partial charge on any atom is 0.253 e. The van der Waals surface area contributed by atoms with Crippen LogP contribution in [0.15, 0.2) is 24.3 Å². The normalized spacial score (nSPS) is 17.7. The van der Waals surface area contributed by atoms with Gasteiger partial charge in [-0.15, -0.1) is 0 Å². The van der Waals surface area contributed by atoms with Crippen molar-refractivity contribution < 1.29 is 9.90 Å². The maximum atomic E-state index is 12.0. The number of β-amino-alcohol motifs (C(OH)–C–C–N with tert-alkyl or cyclic N) is 1. The van der Waals surface area contributed by atoms with Gasteiger partial charge in [0.25, 0.3) is 5.91 Å². The summed E-state index contributed by atoms with van der Waals surface area (Å²) >= 11 is 0. The van der Waals surface area contributed by atoms with E-state index in [1.54, 1.807) is 19.0 Å². The number of rotatable bonds is 7. The van der Waals surface area contributed by atoms with Crippen LogP contribution >= 0.6 is 0 Å². The third-order valence-corrected chi connectivity index (χ3v) is 4.57. The van der Waals surface area contributed by atoms with Gasteiger partial charge >= 0.3 is 0 Å². The molecule has 1 heterocycles. The second kappa shape index (κ2) is 9.16. The molecular formula is C19H31N3O2. The Morgan fingerprint density at radius 1 is 1.38 bits per heavy atom. The van der Waals surface area contributed by atoms with Crippen molar-refractivity contribution in [2.75, 3.05) is 40.3 Å². The van der Waals surface area contributed by atoms with Crippen molar-refractivity contribution in [3.63, 3.8) is 0 Å². The lowest BCUT2D eigenvalue weighted by atomic mass is 9.96. The second-order valence-corrected chi connectivity index (χ2v) is 7.12. The zero-order valence-electron chi connectivity index (χ0n) is 15.2. The molecule has 0 saturated carbocycles. The van der Waals surface area contributed by atoms with Crippen LogP contribution in [0.1, 0.15) is 35.7 Å². The van der Waals surface area contributed by atoms with Gasteiger partial charge in [0, 0.05) is 32.7 Å². The lowest BCUT2D eigenvalue weighted by molar-refractivity contribution is 0.0827. The first-order valence-corrected chi connectivity index (χ1v) is 8.87. The van der Waals surface area contributed by atoms with Crippen molar-refractivity contribution in [1.29, 1.82) is 0 Å². The molecule has 24 heavy (non-hydrogen) atoms. The fourth-order valence-corrected chi connectivity index (χ4v) is 3.24. The van der Waals surface area contributed by atoms with Crippen LogP contribution in [-0.2, 0) is 6.54 Å². The van der Waals surface area contributed by atoms with E-state index in [-0.39, 0.29) is 12.0 Å². The Morgan fingerprint density at radius 2 is 2.08 bits per heavy atom. The number of carbonyl (C=O) groups is 1. The van der Waals surface area contributed by atoms with Gasteiger partial charge in [-0.05, 0) is 63.0 Å². The van der Waals surface area contributed by atoms with Gasteiger partial charge in [-0.2, -0.15) is 0 Å². The van der Waals surface area contributed by atoms with Gasteiger partial charge in [-0.3, -0.25) is 4.79 Å². The third kappa shape index (κ3) is 5.89. The molecule has 1 amide bonds. The van der Waals surface area contributed by atoms with E-state index in [1.165, 1.54) is 12.8 Å². The Morgan fingerprint density at radius 3 is 2.71 bits per heavy atom. The summed E-state index contributed by atoms with van der Waals surface area (Å²) < 4.78 is 0. The summed E-state index contributed by atoms with van der Waals surface area (Å²) in [5.41, 5.74) is 1.89. The second-order valence-electron chi connectivity index (χ2n) is 7.12. The summed E-state index contributed by atoms with van der Waals surface area (Å²) in [5, 5.41) is 13.0. The summed E-state index contributed by atoms with van der Waals surface area (Å²) in [4.78, 5) is 16.0. The van der Waals surface area contributed by atoms with E-state index >= 15 is 0 Å². The number of nitrogens with zero attached hydrogens (tertiary/aromatic N) is 2. The topological polar surface area (TPSA) is 55.8 Å². The zero-order chi connectivity index (χ0) is 17.5. The number of aliphatic hydroxyl groups is 1. The standard InChI is InChI=1S/C19H31N3O2/c1-15(23)14-22-9-7-16(8-10-22)12-20-13-17-5-4-6-18(11-17)19(24)21(2)3/h4-6,11,15-16,20,23H,7-10,12-14H2,1-3H3/t15-/m0/s1. The van der Waals surface area contributed by atoms with Gasteiger partial charge in [-0.1, -0.05) is 12.1 Å². The van der Waals surface area contributed by atoms with Crippen LogP contribution in [0.3, 0.4) is 0 Å². The van der Waals surface area contributed by atoms with Crippen LogP contribution in [0.2, 0.25) is 0 Å². The zero-order valence-corrected chi connectivity index (χ0v) is 15.2. The first-order valence-electron chi connectivity index (χ1n) is 8.87. The van der Waals surface area contributed by atoms with Gasteiger partial charge in [0.05, 0.1) is 6.10 Å². The Kier molecular flexibility index (Phi) is 7.21. The fourth-order valence-electron chi connectivity index (χ4n) is 3.24. The lowest BCUT2D eigenvalue weighted by Gasteiger charge is -2.32. The molecule has 1 aromatic rings. The molecule has 1 saturated heterocycles. The van der Waals surface area contributed by atoms with E-state index in [1.807, 2.05) is 25.1 Å². The highest BCUT2D eigenvalue weighted by molar-refractivity contribution is 5.94. The number of hydrogen-bond acceptors (Lipinski definition) is 4. The molecule has 134 valence electrons. The third-order valence-electron chi connectivity index (χ3n) is 4.57. The molecule has 5 nitrogen and oxygen atoms in total. The molecule has 1 aliphatic rings. The molecule has 0 bridgehead atoms. The highest BCUT2D eigenvalue weighted by Crippen LogP contribution is 2.17. The highest BCUT2D eigenvalue weighted by atomic mass is 16.3. The van der Waals surface area contributed by atoms with Gasteiger partial charge < -0.3 is 20.2 Å². The molecule has 5 heteroatoms. The number of carbonyl (C=O) groups excluding carboxylic acids is 1. The molecule has 0 aromatic heterocycles. The van der Waals surface area contributed by atoms with Crippen molar-refractivity contribution in [3.05, 3.63) is 35.4 Å². The van der Waals surface area contributed by atoms with E-state index in [0.29, 0.717) is 5.92 Å². The molecule has 2 rings (SSSR count).